The number of hydrogen-bond donors (Lipinski definition) is 1. The van der Waals surface area contributed by atoms with E-state index in [1.54, 1.807) is 0 Å². The molecule has 0 saturated heterocycles. The minimum Gasteiger partial charge on any atom is -0.381 e. The topological polar surface area (TPSA) is 43.8 Å². The van der Waals surface area contributed by atoms with E-state index in [4.69, 9.17) is 5.73 Å². The van der Waals surface area contributed by atoms with E-state index in [1.807, 2.05) is 10.9 Å². The van der Waals surface area contributed by atoms with Crippen molar-refractivity contribution in [2.75, 3.05) is 5.73 Å². The smallest absolute Gasteiger partial charge is 0.159 e. The molecule has 3 nitrogen and oxygen atoms in total. The van der Waals surface area contributed by atoms with Crippen LogP contribution in [0.4, 0.5) is 5.82 Å². The predicted molar refractivity (Wildman–Crippen MR) is 69.4 cm³/mol. The maximum atomic E-state index is 5.69. The number of rotatable bonds is 2. The lowest BCUT2D eigenvalue weighted by Crippen LogP contribution is -2.04. The van der Waals surface area contributed by atoms with Crippen LogP contribution in [0.3, 0.4) is 0 Å². The first kappa shape index (κ1) is 11.2. The van der Waals surface area contributed by atoms with Crippen LogP contribution in [0.15, 0.2) is 28.9 Å². The van der Waals surface area contributed by atoms with E-state index in [1.165, 1.54) is 16.7 Å². The average molecular weight is 280 g/mol. The number of nitrogens with two attached hydrogens (primary N) is 1. The van der Waals surface area contributed by atoms with E-state index in [0.29, 0.717) is 5.82 Å². The number of nitrogens with zero attached hydrogens (tertiary/aromatic N) is 2. The van der Waals surface area contributed by atoms with E-state index in [0.717, 1.165) is 11.0 Å². The number of hydrogen-bond acceptors (Lipinski definition) is 2. The fourth-order valence-corrected chi connectivity index (χ4v) is 2.07. The molecule has 0 aliphatic rings. The molecule has 16 heavy (non-hydrogen) atoms. The minimum atomic E-state index is 0.534. The molecule has 0 unspecified atom stereocenters. The summed E-state index contributed by atoms with van der Waals surface area (Å²) in [5.74, 6) is 0.534. The second-order valence-corrected chi connectivity index (χ2v) is 4.78. The van der Waals surface area contributed by atoms with Crippen LogP contribution in [0, 0.1) is 13.8 Å². The van der Waals surface area contributed by atoms with E-state index in [2.05, 4.69) is 53.1 Å². The Morgan fingerprint density at radius 2 is 1.94 bits per heavy atom. The Hall–Kier alpha value is -1.29. The highest BCUT2D eigenvalue weighted by molar-refractivity contribution is 9.10. The third kappa shape index (κ3) is 2.11. The number of aromatic nitrogens is 2. The Balaban J connectivity index is 2.33. The van der Waals surface area contributed by atoms with E-state index in [9.17, 15) is 0 Å². The Morgan fingerprint density at radius 1 is 1.31 bits per heavy atom. The summed E-state index contributed by atoms with van der Waals surface area (Å²) in [6.07, 6.45) is 1.90. The summed E-state index contributed by atoms with van der Waals surface area (Å²) in [5.41, 5.74) is 9.56. The molecule has 0 saturated carbocycles. The van der Waals surface area contributed by atoms with Gasteiger partial charge in [0.2, 0.25) is 0 Å². The van der Waals surface area contributed by atoms with Crippen molar-refractivity contribution < 1.29 is 0 Å². The van der Waals surface area contributed by atoms with Gasteiger partial charge in [-0.15, -0.1) is 0 Å². The van der Waals surface area contributed by atoms with Crippen LogP contribution in [-0.4, -0.2) is 9.78 Å². The second-order valence-electron chi connectivity index (χ2n) is 3.93. The first-order chi connectivity index (χ1) is 7.58. The second kappa shape index (κ2) is 4.29. The van der Waals surface area contributed by atoms with Crippen LogP contribution in [0.25, 0.3) is 0 Å². The summed E-state index contributed by atoms with van der Waals surface area (Å²) in [6.45, 7) is 4.99. The molecule has 1 aromatic carbocycles. The van der Waals surface area contributed by atoms with Gasteiger partial charge in [-0.3, -0.25) is 4.68 Å². The molecular formula is C12H14BrN3. The molecule has 2 rings (SSSR count). The highest BCUT2D eigenvalue weighted by Crippen LogP contribution is 2.19. The molecule has 2 N–H and O–H groups in total. The van der Waals surface area contributed by atoms with Crippen molar-refractivity contribution >= 4 is 21.7 Å². The highest BCUT2D eigenvalue weighted by Gasteiger charge is 2.06. The Morgan fingerprint density at radius 3 is 2.44 bits per heavy atom. The Labute approximate surface area is 103 Å². The number of halogens is 1. The zero-order chi connectivity index (χ0) is 11.7. The van der Waals surface area contributed by atoms with Crippen LogP contribution in [-0.2, 0) is 6.54 Å². The molecule has 0 fully saturated rings. The Bertz CT molecular complexity index is 477. The first-order valence-corrected chi connectivity index (χ1v) is 5.90. The lowest BCUT2D eigenvalue weighted by Gasteiger charge is -2.09. The van der Waals surface area contributed by atoms with E-state index >= 15 is 0 Å². The number of anilines is 1. The van der Waals surface area contributed by atoms with Gasteiger partial charge in [0.25, 0.3) is 0 Å². The number of benzene rings is 1. The van der Waals surface area contributed by atoms with Crippen LogP contribution in [0.5, 0.6) is 0 Å². The summed E-state index contributed by atoms with van der Waals surface area (Å²) in [5, 5.41) is 4.24. The average Bonchev–Trinajstić information content (AvgIpc) is 2.53. The monoisotopic (exact) mass is 279 g/mol. The zero-order valence-electron chi connectivity index (χ0n) is 9.37. The molecule has 2 aromatic rings. The zero-order valence-corrected chi connectivity index (χ0v) is 11.0. The van der Waals surface area contributed by atoms with Gasteiger partial charge in [-0.2, -0.15) is 5.10 Å². The van der Waals surface area contributed by atoms with Gasteiger partial charge in [-0.05, 0) is 46.5 Å². The molecule has 84 valence electrons. The van der Waals surface area contributed by atoms with Crippen molar-refractivity contribution in [1.82, 2.24) is 9.78 Å². The minimum absolute atomic E-state index is 0.534. The summed E-state index contributed by atoms with van der Waals surface area (Å²) < 4.78 is 2.70. The molecule has 0 spiro atoms. The van der Waals surface area contributed by atoms with Crippen LogP contribution >= 0.6 is 15.9 Å². The quantitative estimate of drug-likeness (QED) is 0.919. The summed E-state index contributed by atoms with van der Waals surface area (Å²) in [4.78, 5) is 0. The maximum Gasteiger partial charge on any atom is 0.159 e. The Kier molecular flexibility index (Phi) is 3.01. The predicted octanol–water partition coefficient (Wildman–Crippen LogP) is 2.89. The highest BCUT2D eigenvalue weighted by atomic mass is 79.9. The van der Waals surface area contributed by atoms with Crippen LogP contribution in [0.2, 0.25) is 0 Å². The SMILES string of the molecule is Cc1cccc(C)c1Cn1cc(Br)c(N)n1. The number of aryl methyl sites for hydroxylation is 2. The molecule has 0 atom stereocenters. The van der Waals surface area contributed by atoms with Gasteiger partial charge in [0.1, 0.15) is 0 Å². The molecule has 1 heterocycles. The normalized spacial score (nSPS) is 10.7. The van der Waals surface area contributed by atoms with Gasteiger partial charge in [0, 0.05) is 6.20 Å². The lowest BCUT2D eigenvalue weighted by molar-refractivity contribution is 0.684. The molecule has 4 heteroatoms. The van der Waals surface area contributed by atoms with Crippen molar-refractivity contribution in [2.45, 2.75) is 20.4 Å². The van der Waals surface area contributed by atoms with Gasteiger partial charge >= 0.3 is 0 Å². The molecule has 0 bridgehead atoms. The van der Waals surface area contributed by atoms with Crippen molar-refractivity contribution in [1.29, 1.82) is 0 Å². The third-order valence-electron chi connectivity index (χ3n) is 2.71. The molecule has 0 aliphatic heterocycles. The number of nitrogen functional groups attached to an aromatic ring is 1. The van der Waals surface area contributed by atoms with Gasteiger partial charge in [-0.25, -0.2) is 0 Å². The fourth-order valence-electron chi connectivity index (χ4n) is 1.75. The largest absolute Gasteiger partial charge is 0.381 e. The molecule has 0 amide bonds. The lowest BCUT2D eigenvalue weighted by atomic mass is 10.0. The molecule has 0 aliphatic carbocycles. The van der Waals surface area contributed by atoms with Crippen molar-refractivity contribution in [3.63, 3.8) is 0 Å². The van der Waals surface area contributed by atoms with Gasteiger partial charge in [-0.1, -0.05) is 18.2 Å². The van der Waals surface area contributed by atoms with Crippen LogP contribution < -0.4 is 5.73 Å². The molecule has 0 radical (unpaired) electrons. The summed E-state index contributed by atoms with van der Waals surface area (Å²) in [6, 6.07) is 6.30. The van der Waals surface area contributed by atoms with Crippen LogP contribution in [0.1, 0.15) is 16.7 Å². The molecule has 1 aromatic heterocycles. The van der Waals surface area contributed by atoms with Crippen molar-refractivity contribution in [2.24, 2.45) is 0 Å². The summed E-state index contributed by atoms with van der Waals surface area (Å²) >= 11 is 3.36. The van der Waals surface area contributed by atoms with E-state index in [-0.39, 0.29) is 0 Å². The van der Waals surface area contributed by atoms with E-state index < -0.39 is 0 Å². The summed E-state index contributed by atoms with van der Waals surface area (Å²) in [7, 11) is 0. The standard InChI is InChI=1S/C12H14BrN3/c1-8-4-3-5-9(2)10(8)6-16-7-11(13)12(14)15-16/h3-5,7H,6H2,1-2H3,(H2,14,15). The van der Waals surface area contributed by atoms with Crippen molar-refractivity contribution in [3.05, 3.63) is 45.6 Å². The third-order valence-corrected chi connectivity index (χ3v) is 3.32. The van der Waals surface area contributed by atoms with Crippen molar-refractivity contribution in [3.8, 4) is 0 Å². The van der Waals surface area contributed by atoms with Gasteiger partial charge < -0.3 is 5.73 Å². The van der Waals surface area contributed by atoms with Gasteiger partial charge in [0.05, 0.1) is 11.0 Å². The fraction of sp³-hybridized carbons (Fsp3) is 0.250. The van der Waals surface area contributed by atoms with Gasteiger partial charge in [0.15, 0.2) is 5.82 Å². The first-order valence-electron chi connectivity index (χ1n) is 5.11. The maximum absolute atomic E-state index is 5.69. The molecular weight excluding hydrogens is 266 g/mol.